The molecule has 0 bridgehead atoms. The van der Waals surface area contributed by atoms with Crippen LogP contribution in [0.15, 0.2) is 30.3 Å². The molecule has 0 aromatic heterocycles. The third kappa shape index (κ3) is 19.2. The first-order valence-electron chi connectivity index (χ1n) is 7.75. The number of carbonyl (C=O) groups is 1. The Morgan fingerprint density at radius 3 is 1.81 bits per heavy atom. The minimum atomic E-state index is -0.661. The van der Waals surface area contributed by atoms with Crippen LogP contribution in [0.1, 0.15) is 70.3 Å². The summed E-state index contributed by atoms with van der Waals surface area (Å²) in [6, 6.07) is 9.87. The standard InChI is InChI=1S/C11H22O2.C7H7.Li/c1-2-3-4-5-6-7-8-9-10-11(12)13;1-7-5-3-2-4-6-7;/h2-10H2,1H3,(H,12,13);2-6H,1H2;/q;-1;+1. The van der Waals surface area contributed by atoms with Crippen LogP contribution < -0.4 is 18.9 Å². The molecular formula is C18H29LiO2. The van der Waals surface area contributed by atoms with Crippen molar-refractivity contribution in [3.8, 4) is 0 Å². The summed E-state index contributed by atoms with van der Waals surface area (Å²) in [4.78, 5) is 10.2. The summed E-state index contributed by atoms with van der Waals surface area (Å²) in [5.74, 6) is -0.661. The topological polar surface area (TPSA) is 37.3 Å². The number of aliphatic carboxylic acids is 1. The molecule has 0 saturated carbocycles. The van der Waals surface area contributed by atoms with Gasteiger partial charge >= 0.3 is 24.8 Å². The summed E-state index contributed by atoms with van der Waals surface area (Å²) in [6.45, 7) is 5.94. The molecule has 1 aromatic carbocycles. The molecule has 21 heavy (non-hydrogen) atoms. The summed E-state index contributed by atoms with van der Waals surface area (Å²) in [6.07, 6.45) is 10.1. The maximum Gasteiger partial charge on any atom is 1.00 e. The van der Waals surface area contributed by atoms with E-state index in [2.05, 4.69) is 13.8 Å². The van der Waals surface area contributed by atoms with E-state index in [-0.39, 0.29) is 18.9 Å². The van der Waals surface area contributed by atoms with Gasteiger partial charge in [-0.15, -0.1) is 12.1 Å². The van der Waals surface area contributed by atoms with Gasteiger partial charge in [0.25, 0.3) is 0 Å². The molecule has 114 valence electrons. The average Bonchev–Trinajstić information content (AvgIpc) is 2.43. The molecular weight excluding hydrogens is 255 g/mol. The third-order valence-electron chi connectivity index (χ3n) is 3.09. The average molecular weight is 284 g/mol. The Balaban J connectivity index is 0. The Hall–Kier alpha value is -0.843. The fourth-order valence-electron chi connectivity index (χ4n) is 1.89. The summed E-state index contributed by atoms with van der Waals surface area (Å²) >= 11 is 0. The summed E-state index contributed by atoms with van der Waals surface area (Å²) in [5, 5.41) is 8.39. The number of hydrogen-bond acceptors (Lipinski definition) is 1. The summed E-state index contributed by atoms with van der Waals surface area (Å²) in [7, 11) is 0. The zero-order valence-electron chi connectivity index (χ0n) is 13.8. The van der Waals surface area contributed by atoms with Crippen molar-refractivity contribution in [2.75, 3.05) is 0 Å². The van der Waals surface area contributed by atoms with Crippen molar-refractivity contribution in [3.63, 3.8) is 0 Å². The molecule has 0 amide bonds. The van der Waals surface area contributed by atoms with Gasteiger partial charge in [-0.25, -0.2) is 0 Å². The van der Waals surface area contributed by atoms with Crippen LogP contribution in [-0.2, 0) is 4.79 Å². The van der Waals surface area contributed by atoms with E-state index in [4.69, 9.17) is 5.11 Å². The Bertz CT molecular complexity index is 325. The van der Waals surface area contributed by atoms with Crippen LogP contribution in [0, 0.1) is 6.92 Å². The number of rotatable bonds is 9. The van der Waals surface area contributed by atoms with Gasteiger partial charge in [-0.3, -0.25) is 4.79 Å². The summed E-state index contributed by atoms with van der Waals surface area (Å²) < 4.78 is 0. The van der Waals surface area contributed by atoms with Gasteiger partial charge in [-0.05, 0) is 6.42 Å². The van der Waals surface area contributed by atoms with Crippen molar-refractivity contribution in [3.05, 3.63) is 42.8 Å². The first-order valence-corrected chi connectivity index (χ1v) is 7.75. The van der Waals surface area contributed by atoms with Crippen LogP contribution in [0.3, 0.4) is 0 Å². The Morgan fingerprint density at radius 1 is 0.952 bits per heavy atom. The maximum atomic E-state index is 10.2. The first-order chi connectivity index (χ1) is 9.66. The van der Waals surface area contributed by atoms with Crippen molar-refractivity contribution in [1.29, 1.82) is 0 Å². The molecule has 1 N–H and O–H groups in total. The van der Waals surface area contributed by atoms with E-state index in [0.717, 1.165) is 18.4 Å². The first kappa shape index (κ1) is 22.4. The largest absolute Gasteiger partial charge is 1.00 e. The Kier molecular flexibility index (Phi) is 18.4. The van der Waals surface area contributed by atoms with Gasteiger partial charge in [0.15, 0.2) is 0 Å². The molecule has 0 saturated heterocycles. The predicted octanol–water partition coefficient (Wildman–Crippen LogP) is 2.47. The molecule has 0 aliphatic rings. The predicted molar refractivity (Wildman–Crippen MR) is 85.8 cm³/mol. The number of hydrogen-bond donors (Lipinski definition) is 1. The number of carboxylic acids is 1. The quantitative estimate of drug-likeness (QED) is 0.430. The van der Waals surface area contributed by atoms with Crippen LogP contribution >= 0.6 is 0 Å². The zero-order valence-corrected chi connectivity index (χ0v) is 13.8. The second-order valence-corrected chi connectivity index (χ2v) is 5.10. The molecule has 1 aromatic rings. The van der Waals surface area contributed by atoms with Gasteiger partial charge in [0.1, 0.15) is 0 Å². The van der Waals surface area contributed by atoms with E-state index >= 15 is 0 Å². The van der Waals surface area contributed by atoms with Crippen molar-refractivity contribution < 1.29 is 28.8 Å². The second kappa shape index (κ2) is 17.2. The van der Waals surface area contributed by atoms with Gasteiger partial charge < -0.3 is 5.11 Å². The number of unbranched alkanes of at least 4 members (excludes halogenated alkanes) is 7. The van der Waals surface area contributed by atoms with Crippen LogP contribution in [0.4, 0.5) is 0 Å². The second-order valence-electron chi connectivity index (χ2n) is 5.10. The van der Waals surface area contributed by atoms with Gasteiger partial charge in [0.2, 0.25) is 0 Å². The minimum absolute atomic E-state index is 0. The fourth-order valence-corrected chi connectivity index (χ4v) is 1.89. The third-order valence-corrected chi connectivity index (χ3v) is 3.09. The molecule has 0 radical (unpaired) electrons. The zero-order chi connectivity index (χ0) is 15.1. The molecule has 0 heterocycles. The van der Waals surface area contributed by atoms with Gasteiger partial charge in [-0.1, -0.05) is 57.9 Å². The van der Waals surface area contributed by atoms with Gasteiger partial charge in [0.05, 0.1) is 0 Å². The molecule has 0 atom stereocenters. The van der Waals surface area contributed by atoms with E-state index < -0.39 is 5.97 Å². The van der Waals surface area contributed by atoms with E-state index in [1.165, 1.54) is 38.5 Å². The van der Waals surface area contributed by atoms with Crippen molar-refractivity contribution in [2.24, 2.45) is 0 Å². The molecule has 1 rings (SSSR count). The van der Waals surface area contributed by atoms with Crippen LogP contribution in [0.5, 0.6) is 0 Å². The fraction of sp³-hybridized carbons (Fsp3) is 0.556. The van der Waals surface area contributed by atoms with Crippen LogP contribution in [-0.4, -0.2) is 11.1 Å². The Labute approximate surface area is 142 Å². The van der Waals surface area contributed by atoms with Crippen molar-refractivity contribution in [1.82, 2.24) is 0 Å². The van der Waals surface area contributed by atoms with Crippen LogP contribution in [0.2, 0.25) is 0 Å². The van der Waals surface area contributed by atoms with Crippen molar-refractivity contribution >= 4 is 5.97 Å². The number of carboxylic acid groups (broad SMARTS) is 1. The maximum absolute atomic E-state index is 10.2. The van der Waals surface area contributed by atoms with Crippen LogP contribution in [0.25, 0.3) is 0 Å². The van der Waals surface area contributed by atoms with Crippen molar-refractivity contribution in [2.45, 2.75) is 64.7 Å². The molecule has 0 spiro atoms. The summed E-state index contributed by atoms with van der Waals surface area (Å²) in [5.41, 5.74) is 1.07. The van der Waals surface area contributed by atoms with E-state index in [1.54, 1.807) is 0 Å². The molecule has 0 unspecified atom stereocenters. The Morgan fingerprint density at radius 2 is 1.43 bits per heavy atom. The smallest absolute Gasteiger partial charge is 0.481 e. The molecule has 0 fully saturated rings. The monoisotopic (exact) mass is 284 g/mol. The normalized spacial score (nSPS) is 9.19. The van der Waals surface area contributed by atoms with E-state index in [9.17, 15) is 4.79 Å². The minimum Gasteiger partial charge on any atom is -0.481 e. The molecule has 2 nitrogen and oxygen atoms in total. The molecule has 0 aliphatic heterocycles. The van der Waals surface area contributed by atoms with Gasteiger partial charge in [0, 0.05) is 6.42 Å². The number of benzene rings is 1. The van der Waals surface area contributed by atoms with Gasteiger partial charge in [-0.2, -0.15) is 24.6 Å². The SMILES string of the molecule is CCCCCCCCCCC(=O)O.[CH2-]c1ccccc1.[Li+]. The molecule has 0 aliphatic carbocycles. The molecule has 3 heteroatoms. The van der Waals surface area contributed by atoms with E-state index in [1.807, 2.05) is 30.3 Å². The van der Waals surface area contributed by atoms with E-state index in [0.29, 0.717) is 6.42 Å².